The van der Waals surface area contributed by atoms with Crippen molar-refractivity contribution in [3.8, 4) is 5.82 Å². The maximum atomic E-state index is 5.03. The van der Waals surface area contributed by atoms with Crippen LogP contribution in [0, 0.1) is 13.8 Å². The third kappa shape index (κ3) is 3.02. The van der Waals surface area contributed by atoms with E-state index in [1.807, 2.05) is 42.5 Å². The first-order chi connectivity index (χ1) is 9.13. The molecule has 2 aromatic heterocycles. The van der Waals surface area contributed by atoms with E-state index < -0.39 is 0 Å². The Morgan fingerprint density at radius 1 is 1.32 bits per heavy atom. The Morgan fingerprint density at radius 2 is 2.11 bits per heavy atom. The molecule has 104 valence electrons. The molecule has 0 radical (unpaired) electrons. The highest BCUT2D eigenvalue weighted by Gasteiger charge is 2.15. The number of hydrogen-bond acceptors (Lipinski definition) is 4. The number of rotatable bonds is 6. The molecule has 0 aliphatic heterocycles. The number of methoxy groups -OCH3 is 1. The third-order valence-corrected chi connectivity index (χ3v) is 3.04. The summed E-state index contributed by atoms with van der Waals surface area (Å²) >= 11 is 0. The highest BCUT2D eigenvalue weighted by molar-refractivity contribution is 5.37. The third-order valence-electron chi connectivity index (χ3n) is 3.04. The fraction of sp³-hybridized carbons (Fsp3) is 0.538. The predicted octanol–water partition coefficient (Wildman–Crippen LogP) is 0.959. The first-order valence-electron chi connectivity index (χ1n) is 6.38. The average molecular weight is 263 g/mol. The minimum atomic E-state index is 0.704. The zero-order valence-corrected chi connectivity index (χ0v) is 12.0. The zero-order chi connectivity index (χ0) is 13.8. The van der Waals surface area contributed by atoms with Gasteiger partial charge in [0.2, 0.25) is 0 Å². The molecule has 0 aromatic carbocycles. The van der Waals surface area contributed by atoms with Gasteiger partial charge in [-0.3, -0.25) is 4.68 Å². The van der Waals surface area contributed by atoms with E-state index >= 15 is 0 Å². The molecular weight excluding hydrogens is 242 g/mol. The summed E-state index contributed by atoms with van der Waals surface area (Å²) in [6.07, 6.45) is 1.96. The van der Waals surface area contributed by atoms with Crippen molar-refractivity contribution in [3.63, 3.8) is 0 Å². The van der Waals surface area contributed by atoms with Crippen molar-refractivity contribution in [2.24, 2.45) is 7.05 Å². The molecule has 0 saturated carbocycles. The van der Waals surface area contributed by atoms with E-state index in [0.717, 1.165) is 30.3 Å². The van der Waals surface area contributed by atoms with E-state index in [1.165, 1.54) is 5.56 Å². The molecule has 19 heavy (non-hydrogen) atoms. The second kappa shape index (κ2) is 5.99. The monoisotopic (exact) mass is 263 g/mol. The van der Waals surface area contributed by atoms with Crippen LogP contribution in [0.3, 0.4) is 0 Å². The fourth-order valence-corrected chi connectivity index (χ4v) is 2.10. The Bertz CT molecular complexity index is 543. The Hall–Kier alpha value is -1.66. The summed E-state index contributed by atoms with van der Waals surface area (Å²) in [5, 5.41) is 12.3. The molecule has 2 aromatic rings. The van der Waals surface area contributed by atoms with Gasteiger partial charge in [0.1, 0.15) is 0 Å². The number of aromatic nitrogens is 4. The Morgan fingerprint density at radius 3 is 2.74 bits per heavy atom. The summed E-state index contributed by atoms with van der Waals surface area (Å²) in [6.45, 7) is 6.29. The molecule has 0 aliphatic rings. The number of ether oxygens (including phenoxy) is 1. The summed E-state index contributed by atoms with van der Waals surface area (Å²) in [5.41, 5.74) is 3.19. The van der Waals surface area contributed by atoms with E-state index in [4.69, 9.17) is 4.74 Å². The molecule has 2 rings (SSSR count). The van der Waals surface area contributed by atoms with Gasteiger partial charge in [0.05, 0.1) is 18.0 Å². The van der Waals surface area contributed by atoms with Crippen LogP contribution < -0.4 is 5.32 Å². The Labute approximate surface area is 113 Å². The van der Waals surface area contributed by atoms with Crippen LogP contribution in [0.4, 0.5) is 0 Å². The van der Waals surface area contributed by atoms with Crippen molar-refractivity contribution < 1.29 is 4.74 Å². The van der Waals surface area contributed by atoms with Crippen molar-refractivity contribution in [2.45, 2.75) is 20.4 Å². The first-order valence-corrected chi connectivity index (χ1v) is 6.38. The van der Waals surface area contributed by atoms with Crippen LogP contribution in [-0.2, 0) is 18.3 Å². The van der Waals surface area contributed by atoms with Crippen LogP contribution in [0.15, 0.2) is 12.3 Å². The molecule has 0 atom stereocenters. The summed E-state index contributed by atoms with van der Waals surface area (Å²) in [5.74, 6) is 1.01. The van der Waals surface area contributed by atoms with E-state index in [1.54, 1.807) is 7.11 Å². The molecule has 0 bridgehead atoms. The van der Waals surface area contributed by atoms with Gasteiger partial charge in [-0.05, 0) is 19.9 Å². The number of nitrogens with one attached hydrogen (secondary N) is 1. The maximum Gasteiger partial charge on any atom is 0.156 e. The van der Waals surface area contributed by atoms with Crippen LogP contribution in [0.1, 0.15) is 17.0 Å². The molecule has 6 heteroatoms. The van der Waals surface area contributed by atoms with Gasteiger partial charge in [-0.15, -0.1) is 0 Å². The van der Waals surface area contributed by atoms with Gasteiger partial charge in [-0.1, -0.05) is 0 Å². The van der Waals surface area contributed by atoms with Gasteiger partial charge < -0.3 is 10.1 Å². The normalized spacial score (nSPS) is 11.2. The standard InChI is InChI=1S/C13H21N5O/c1-10-5-7-18(15-10)13-12(9-14-6-8-19-4)11(2)16-17(13)3/h5,7,14H,6,8-9H2,1-4H3. The summed E-state index contributed by atoms with van der Waals surface area (Å²) in [4.78, 5) is 0. The number of nitrogens with zero attached hydrogens (tertiary/aromatic N) is 4. The molecule has 0 unspecified atom stereocenters. The minimum Gasteiger partial charge on any atom is -0.383 e. The molecule has 0 saturated heterocycles. The quantitative estimate of drug-likeness (QED) is 0.789. The Kier molecular flexibility index (Phi) is 4.34. The van der Waals surface area contributed by atoms with Crippen LogP contribution >= 0.6 is 0 Å². The predicted molar refractivity (Wildman–Crippen MR) is 73.4 cm³/mol. The zero-order valence-electron chi connectivity index (χ0n) is 12.0. The van der Waals surface area contributed by atoms with Crippen LogP contribution in [0.5, 0.6) is 0 Å². The van der Waals surface area contributed by atoms with Crippen molar-refractivity contribution in [3.05, 3.63) is 29.2 Å². The smallest absolute Gasteiger partial charge is 0.156 e. The minimum absolute atomic E-state index is 0.704. The second-order valence-electron chi connectivity index (χ2n) is 4.58. The molecule has 1 N–H and O–H groups in total. The molecule has 0 spiro atoms. The van der Waals surface area contributed by atoms with Crippen LogP contribution in [0.25, 0.3) is 5.82 Å². The first kappa shape index (κ1) is 13.8. The van der Waals surface area contributed by atoms with Gasteiger partial charge in [-0.2, -0.15) is 10.2 Å². The second-order valence-corrected chi connectivity index (χ2v) is 4.58. The number of hydrogen-bond donors (Lipinski definition) is 1. The summed E-state index contributed by atoms with van der Waals surface area (Å²) < 4.78 is 8.78. The van der Waals surface area contributed by atoms with E-state index in [9.17, 15) is 0 Å². The summed E-state index contributed by atoms with van der Waals surface area (Å²) in [6, 6.07) is 1.99. The van der Waals surface area contributed by atoms with Gasteiger partial charge in [0, 0.05) is 39.0 Å². The van der Waals surface area contributed by atoms with E-state index in [-0.39, 0.29) is 0 Å². The van der Waals surface area contributed by atoms with E-state index in [2.05, 4.69) is 15.5 Å². The van der Waals surface area contributed by atoms with Gasteiger partial charge >= 0.3 is 0 Å². The van der Waals surface area contributed by atoms with E-state index in [0.29, 0.717) is 6.61 Å². The molecule has 0 fully saturated rings. The van der Waals surface area contributed by atoms with Crippen molar-refractivity contribution in [1.82, 2.24) is 24.9 Å². The Balaban J connectivity index is 2.22. The van der Waals surface area contributed by atoms with Crippen LogP contribution in [0.2, 0.25) is 0 Å². The lowest BCUT2D eigenvalue weighted by molar-refractivity contribution is 0.199. The molecule has 0 amide bonds. The van der Waals surface area contributed by atoms with Gasteiger partial charge in [-0.25, -0.2) is 4.68 Å². The SMILES string of the molecule is COCCNCc1c(C)nn(C)c1-n1ccc(C)n1. The average Bonchev–Trinajstić information content (AvgIpc) is 2.89. The largest absolute Gasteiger partial charge is 0.383 e. The maximum absolute atomic E-state index is 5.03. The molecule has 6 nitrogen and oxygen atoms in total. The van der Waals surface area contributed by atoms with Gasteiger partial charge in [0.15, 0.2) is 5.82 Å². The fourth-order valence-electron chi connectivity index (χ4n) is 2.10. The molecular formula is C13H21N5O. The highest BCUT2D eigenvalue weighted by atomic mass is 16.5. The lowest BCUT2D eigenvalue weighted by Gasteiger charge is -2.08. The van der Waals surface area contributed by atoms with Crippen molar-refractivity contribution in [2.75, 3.05) is 20.3 Å². The molecule has 0 aliphatic carbocycles. The molecule has 2 heterocycles. The highest BCUT2D eigenvalue weighted by Crippen LogP contribution is 2.17. The number of aryl methyl sites for hydroxylation is 3. The van der Waals surface area contributed by atoms with Crippen molar-refractivity contribution >= 4 is 0 Å². The van der Waals surface area contributed by atoms with Gasteiger partial charge in [0.25, 0.3) is 0 Å². The summed E-state index contributed by atoms with van der Waals surface area (Å²) in [7, 11) is 3.65. The lowest BCUT2D eigenvalue weighted by Crippen LogP contribution is -2.20. The lowest BCUT2D eigenvalue weighted by atomic mass is 10.2. The topological polar surface area (TPSA) is 56.9 Å². The van der Waals surface area contributed by atoms with Crippen LogP contribution in [-0.4, -0.2) is 39.8 Å². The van der Waals surface area contributed by atoms with Crippen molar-refractivity contribution in [1.29, 1.82) is 0 Å².